The highest BCUT2D eigenvalue weighted by molar-refractivity contribution is 5.93. The second kappa shape index (κ2) is 6.55. The second-order valence-electron chi connectivity index (χ2n) is 2.93. The number of ketones is 1. The van der Waals surface area contributed by atoms with Crippen LogP contribution in [0.4, 0.5) is 0 Å². The molecule has 0 aliphatic rings. The predicted molar refractivity (Wildman–Crippen MR) is 60.6 cm³/mol. The summed E-state index contributed by atoms with van der Waals surface area (Å²) < 4.78 is 0. The highest BCUT2D eigenvalue weighted by Crippen LogP contribution is 1.96. The summed E-state index contributed by atoms with van der Waals surface area (Å²) in [6, 6.07) is 22.4. The summed E-state index contributed by atoms with van der Waals surface area (Å²) in [4.78, 5) is 10.6. The standard InChI is InChI=1S/C8H7O.C6H5/c1-7(9)8-5-3-2-4-6-8;1-2-4-6-5-3-1/h2-3,5-6H,1H3;1-5H. The van der Waals surface area contributed by atoms with Crippen molar-refractivity contribution in [2.75, 3.05) is 0 Å². The average molecular weight is 196 g/mol. The van der Waals surface area contributed by atoms with Gasteiger partial charge in [0.25, 0.3) is 0 Å². The molecule has 0 spiro atoms. The van der Waals surface area contributed by atoms with Crippen molar-refractivity contribution in [1.82, 2.24) is 0 Å². The Hall–Kier alpha value is -1.89. The molecule has 74 valence electrons. The molecule has 0 aliphatic carbocycles. The molecule has 15 heavy (non-hydrogen) atoms. The van der Waals surface area contributed by atoms with Crippen LogP contribution in [0.15, 0.2) is 54.6 Å². The summed E-state index contributed by atoms with van der Waals surface area (Å²) in [5.41, 5.74) is 0.720. The van der Waals surface area contributed by atoms with Crippen LogP contribution in [0.25, 0.3) is 0 Å². The van der Waals surface area contributed by atoms with Crippen LogP contribution in [-0.2, 0) is 0 Å². The Kier molecular flexibility index (Phi) is 4.88. The van der Waals surface area contributed by atoms with Crippen LogP contribution in [-0.4, -0.2) is 5.78 Å². The van der Waals surface area contributed by atoms with Crippen molar-refractivity contribution >= 4 is 5.78 Å². The zero-order valence-electron chi connectivity index (χ0n) is 8.60. The summed E-state index contributed by atoms with van der Waals surface area (Å²) in [6.45, 7) is 1.54. The molecule has 0 saturated carbocycles. The van der Waals surface area contributed by atoms with Crippen LogP contribution < -0.4 is 0 Å². The van der Waals surface area contributed by atoms with Crippen LogP contribution in [0.1, 0.15) is 17.3 Å². The first-order valence-corrected chi connectivity index (χ1v) is 4.69. The van der Waals surface area contributed by atoms with E-state index in [1.54, 1.807) is 31.2 Å². The van der Waals surface area contributed by atoms with Gasteiger partial charge in [0, 0.05) is 5.56 Å². The molecule has 0 unspecified atom stereocenters. The summed E-state index contributed by atoms with van der Waals surface area (Å²) in [5, 5.41) is 0. The maximum atomic E-state index is 10.6. The molecule has 0 bridgehead atoms. The molecule has 2 radical (unpaired) electrons. The second-order valence-corrected chi connectivity index (χ2v) is 2.93. The minimum absolute atomic E-state index is 0.0897. The molecule has 2 aromatic carbocycles. The van der Waals surface area contributed by atoms with E-state index < -0.39 is 0 Å². The van der Waals surface area contributed by atoms with Gasteiger partial charge in [-0.25, -0.2) is 0 Å². The van der Waals surface area contributed by atoms with Gasteiger partial charge in [-0.3, -0.25) is 4.79 Å². The van der Waals surface area contributed by atoms with Crippen molar-refractivity contribution in [3.63, 3.8) is 0 Å². The largest absolute Gasteiger partial charge is 0.295 e. The first-order valence-electron chi connectivity index (χ1n) is 4.69. The monoisotopic (exact) mass is 196 g/mol. The van der Waals surface area contributed by atoms with Crippen LogP contribution in [0, 0.1) is 12.1 Å². The van der Waals surface area contributed by atoms with Crippen molar-refractivity contribution in [2.45, 2.75) is 6.92 Å². The van der Waals surface area contributed by atoms with E-state index in [2.05, 4.69) is 12.1 Å². The lowest BCUT2D eigenvalue weighted by Gasteiger charge is -1.89. The Balaban J connectivity index is 0.000000162. The average Bonchev–Trinajstić information content (AvgIpc) is 2.33. The third kappa shape index (κ3) is 4.77. The minimum atomic E-state index is 0.0897. The van der Waals surface area contributed by atoms with Crippen molar-refractivity contribution in [3.05, 3.63) is 72.3 Å². The fourth-order valence-electron chi connectivity index (χ4n) is 0.954. The third-order valence-corrected chi connectivity index (χ3v) is 1.72. The molecule has 0 heterocycles. The third-order valence-electron chi connectivity index (χ3n) is 1.72. The molecule has 0 atom stereocenters. The number of carbonyl (C=O) groups excluding carboxylic acids is 1. The van der Waals surface area contributed by atoms with Gasteiger partial charge in [-0.2, -0.15) is 0 Å². The van der Waals surface area contributed by atoms with Crippen LogP contribution in [0.2, 0.25) is 0 Å². The van der Waals surface area contributed by atoms with Crippen LogP contribution in [0.3, 0.4) is 0 Å². The van der Waals surface area contributed by atoms with Gasteiger partial charge in [0.1, 0.15) is 0 Å². The van der Waals surface area contributed by atoms with Gasteiger partial charge in [-0.15, -0.1) is 0 Å². The quantitative estimate of drug-likeness (QED) is 0.640. The molecule has 2 rings (SSSR count). The lowest BCUT2D eigenvalue weighted by molar-refractivity contribution is 0.101. The Morgan fingerprint density at radius 1 is 1.00 bits per heavy atom. The van der Waals surface area contributed by atoms with E-state index in [4.69, 9.17) is 0 Å². The van der Waals surface area contributed by atoms with Gasteiger partial charge >= 0.3 is 0 Å². The number of carbonyl (C=O) groups is 1. The van der Waals surface area contributed by atoms with Crippen molar-refractivity contribution in [2.24, 2.45) is 0 Å². The fourth-order valence-corrected chi connectivity index (χ4v) is 0.954. The van der Waals surface area contributed by atoms with Crippen molar-refractivity contribution < 1.29 is 4.79 Å². The summed E-state index contributed by atoms with van der Waals surface area (Å²) in [7, 11) is 0. The number of Topliss-reactive ketones (excluding diaryl/α,β-unsaturated/α-hetero) is 1. The molecule has 2 aromatic rings. The topological polar surface area (TPSA) is 17.1 Å². The van der Waals surface area contributed by atoms with E-state index in [1.165, 1.54) is 0 Å². The fraction of sp³-hybridized carbons (Fsp3) is 0.0714. The lowest BCUT2D eigenvalue weighted by atomic mass is 10.2. The Bertz CT molecular complexity index is 352. The van der Waals surface area contributed by atoms with E-state index >= 15 is 0 Å². The first kappa shape index (κ1) is 11.2. The maximum Gasteiger partial charge on any atom is 0.159 e. The Morgan fingerprint density at radius 3 is 1.93 bits per heavy atom. The summed E-state index contributed by atoms with van der Waals surface area (Å²) >= 11 is 0. The van der Waals surface area contributed by atoms with Gasteiger partial charge in [0.2, 0.25) is 0 Å². The Morgan fingerprint density at radius 2 is 1.67 bits per heavy atom. The van der Waals surface area contributed by atoms with E-state index in [-0.39, 0.29) is 5.78 Å². The zero-order chi connectivity index (χ0) is 10.9. The Labute approximate surface area is 90.4 Å². The SMILES string of the molecule is CC(=O)c1c[c]ccc1.[c]1ccccc1. The van der Waals surface area contributed by atoms with Crippen LogP contribution in [0.5, 0.6) is 0 Å². The number of rotatable bonds is 1. The summed E-state index contributed by atoms with van der Waals surface area (Å²) in [6.07, 6.45) is 0. The number of benzene rings is 2. The maximum absolute atomic E-state index is 10.6. The molecule has 0 aromatic heterocycles. The molecule has 1 heteroatoms. The van der Waals surface area contributed by atoms with Gasteiger partial charge in [0.15, 0.2) is 5.78 Å². The minimum Gasteiger partial charge on any atom is -0.295 e. The smallest absolute Gasteiger partial charge is 0.159 e. The first-order chi connectivity index (χ1) is 7.30. The molecule has 0 aliphatic heterocycles. The molecule has 0 amide bonds. The van der Waals surface area contributed by atoms with E-state index in [0.717, 1.165) is 5.56 Å². The lowest BCUT2D eigenvalue weighted by Crippen LogP contribution is -1.88. The molecule has 0 N–H and O–H groups in total. The van der Waals surface area contributed by atoms with E-state index in [1.807, 2.05) is 30.3 Å². The van der Waals surface area contributed by atoms with Gasteiger partial charge in [-0.05, 0) is 25.1 Å². The molecule has 1 nitrogen and oxygen atoms in total. The molecule has 0 saturated heterocycles. The number of hydrogen-bond acceptors (Lipinski definition) is 1. The van der Waals surface area contributed by atoms with E-state index in [0.29, 0.717) is 0 Å². The highest BCUT2D eigenvalue weighted by atomic mass is 16.1. The zero-order valence-corrected chi connectivity index (χ0v) is 8.60. The van der Waals surface area contributed by atoms with Gasteiger partial charge in [0.05, 0.1) is 0 Å². The van der Waals surface area contributed by atoms with Crippen LogP contribution >= 0.6 is 0 Å². The predicted octanol–water partition coefficient (Wildman–Crippen LogP) is 3.18. The molecular formula is C14H12O. The van der Waals surface area contributed by atoms with Gasteiger partial charge < -0.3 is 0 Å². The normalized spacial score (nSPS) is 8.60. The van der Waals surface area contributed by atoms with E-state index in [9.17, 15) is 4.79 Å². The number of hydrogen-bond donors (Lipinski definition) is 0. The summed E-state index contributed by atoms with van der Waals surface area (Å²) in [5.74, 6) is 0.0897. The van der Waals surface area contributed by atoms with Gasteiger partial charge in [-0.1, -0.05) is 48.5 Å². The molecule has 0 fully saturated rings. The van der Waals surface area contributed by atoms with Crippen molar-refractivity contribution in [1.29, 1.82) is 0 Å². The molecular weight excluding hydrogens is 184 g/mol. The van der Waals surface area contributed by atoms with Crippen molar-refractivity contribution in [3.8, 4) is 0 Å². The highest BCUT2D eigenvalue weighted by Gasteiger charge is 1.93.